The molecule has 3 nitrogen and oxygen atoms in total. The Morgan fingerprint density at radius 3 is 2.41 bits per heavy atom. The molecule has 0 aliphatic carbocycles. The van der Waals surface area contributed by atoms with Crippen molar-refractivity contribution >= 4 is 11.5 Å². The average molecular weight is 247 g/mol. The van der Waals surface area contributed by atoms with Crippen molar-refractivity contribution in [2.24, 2.45) is 0 Å². The van der Waals surface area contributed by atoms with Gasteiger partial charge in [-0.1, -0.05) is 0 Å². The van der Waals surface area contributed by atoms with Crippen LogP contribution in [-0.4, -0.2) is 12.4 Å². The van der Waals surface area contributed by atoms with Crippen molar-refractivity contribution in [3.05, 3.63) is 23.3 Å². The van der Waals surface area contributed by atoms with Crippen LogP contribution in [-0.2, 0) is 6.18 Å². The topological polar surface area (TPSA) is 52.3 Å². The summed E-state index contributed by atoms with van der Waals surface area (Å²) in [5.41, 5.74) is 3.56. The lowest BCUT2D eigenvalue weighted by atomic mass is 10.0. The van der Waals surface area contributed by atoms with Gasteiger partial charge >= 0.3 is 6.18 Å². The molecule has 0 spiro atoms. The van der Waals surface area contributed by atoms with Gasteiger partial charge in [0.2, 0.25) is 0 Å². The number of nitrogens with two attached hydrogens (primary N) is 1. The summed E-state index contributed by atoms with van der Waals surface area (Å²) in [6.45, 7) is 2.67. The van der Waals surface area contributed by atoms with Crippen molar-refractivity contribution in [2.45, 2.75) is 20.0 Å². The summed E-state index contributed by atoms with van der Waals surface area (Å²) >= 11 is 0. The molecule has 0 radical (unpaired) electrons. The molecule has 6 heteroatoms. The number of Topliss-reactive ketones (excluding diaryl/α,β-unsaturated/α-hetero) is 1. The largest absolute Gasteiger partial charge is 0.493 e. The Labute approximate surface area is 96.4 Å². The van der Waals surface area contributed by atoms with Crippen molar-refractivity contribution in [2.75, 3.05) is 12.3 Å². The van der Waals surface area contributed by atoms with E-state index < -0.39 is 23.1 Å². The third-order valence-corrected chi connectivity index (χ3v) is 2.13. The summed E-state index contributed by atoms with van der Waals surface area (Å²) in [6, 6.07) is 2.35. The zero-order valence-corrected chi connectivity index (χ0v) is 9.39. The highest BCUT2D eigenvalue weighted by molar-refractivity contribution is 6.01. The van der Waals surface area contributed by atoms with Crippen LogP contribution in [0, 0.1) is 0 Å². The van der Waals surface area contributed by atoms with Gasteiger partial charge in [-0.15, -0.1) is 0 Å². The summed E-state index contributed by atoms with van der Waals surface area (Å²) in [5, 5.41) is 0. The van der Waals surface area contributed by atoms with E-state index in [0.29, 0.717) is 0 Å². The number of hydrogen-bond donors (Lipinski definition) is 1. The van der Waals surface area contributed by atoms with Gasteiger partial charge in [-0.2, -0.15) is 13.2 Å². The van der Waals surface area contributed by atoms with Gasteiger partial charge < -0.3 is 10.5 Å². The smallest absolute Gasteiger partial charge is 0.420 e. The Morgan fingerprint density at radius 2 is 2.00 bits per heavy atom. The number of nitrogen functional groups attached to an aromatic ring is 1. The number of anilines is 1. The second-order valence-corrected chi connectivity index (χ2v) is 3.39. The Balaban J connectivity index is 3.56. The quantitative estimate of drug-likeness (QED) is 0.660. The number of carbonyl (C=O) groups excluding carboxylic acids is 1. The SMILES string of the molecule is CCOc1ccc(N)c(C(C)=O)c1C(F)(F)F. The van der Waals surface area contributed by atoms with Crippen molar-refractivity contribution in [3.63, 3.8) is 0 Å². The molecule has 0 aliphatic heterocycles. The van der Waals surface area contributed by atoms with Gasteiger partial charge in [0.25, 0.3) is 0 Å². The molecule has 0 aliphatic rings. The number of benzene rings is 1. The first-order valence-electron chi connectivity index (χ1n) is 4.92. The van der Waals surface area contributed by atoms with E-state index in [0.717, 1.165) is 13.0 Å². The summed E-state index contributed by atoms with van der Waals surface area (Å²) in [6.07, 6.45) is -4.68. The van der Waals surface area contributed by atoms with Crippen LogP contribution in [0.3, 0.4) is 0 Å². The standard InChI is InChI=1S/C11H12F3NO2/c1-3-17-8-5-4-7(15)9(6(2)16)10(8)11(12,13)14/h4-5H,3,15H2,1-2H3. The normalized spacial score (nSPS) is 11.4. The minimum atomic E-state index is -4.68. The summed E-state index contributed by atoms with van der Waals surface area (Å²) < 4.78 is 43.5. The van der Waals surface area contributed by atoms with Crippen molar-refractivity contribution < 1.29 is 22.7 Å². The Morgan fingerprint density at radius 1 is 1.41 bits per heavy atom. The van der Waals surface area contributed by atoms with E-state index in [-0.39, 0.29) is 18.0 Å². The zero-order valence-electron chi connectivity index (χ0n) is 9.39. The molecule has 0 bridgehead atoms. The highest BCUT2D eigenvalue weighted by Crippen LogP contribution is 2.41. The molecule has 1 rings (SSSR count). The molecule has 0 fully saturated rings. The molecule has 0 atom stereocenters. The molecule has 0 saturated heterocycles. The summed E-state index contributed by atoms with van der Waals surface area (Å²) in [5.74, 6) is -1.12. The highest BCUT2D eigenvalue weighted by atomic mass is 19.4. The average Bonchev–Trinajstić information content (AvgIpc) is 2.18. The van der Waals surface area contributed by atoms with Crippen LogP contribution in [0.15, 0.2) is 12.1 Å². The minimum absolute atomic E-state index is 0.0738. The lowest BCUT2D eigenvalue weighted by Crippen LogP contribution is -2.16. The Hall–Kier alpha value is -1.72. The zero-order chi connectivity index (χ0) is 13.2. The molecule has 1 aromatic rings. The van der Waals surface area contributed by atoms with E-state index in [9.17, 15) is 18.0 Å². The molecular weight excluding hydrogens is 235 g/mol. The maximum atomic E-state index is 12.9. The van der Waals surface area contributed by atoms with Crippen LogP contribution in [0.4, 0.5) is 18.9 Å². The highest BCUT2D eigenvalue weighted by Gasteiger charge is 2.39. The molecule has 17 heavy (non-hydrogen) atoms. The van der Waals surface area contributed by atoms with Gasteiger partial charge in [-0.25, -0.2) is 0 Å². The van der Waals surface area contributed by atoms with Crippen LogP contribution in [0.25, 0.3) is 0 Å². The minimum Gasteiger partial charge on any atom is -0.493 e. The van der Waals surface area contributed by atoms with Crippen LogP contribution in [0.1, 0.15) is 29.8 Å². The van der Waals surface area contributed by atoms with Crippen LogP contribution in [0.5, 0.6) is 5.75 Å². The van der Waals surface area contributed by atoms with E-state index in [1.807, 2.05) is 0 Å². The first-order valence-corrected chi connectivity index (χ1v) is 4.92. The van der Waals surface area contributed by atoms with Crippen LogP contribution in [0.2, 0.25) is 0 Å². The number of hydrogen-bond acceptors (Lipinski definition) is 3. The van der Waals surface area contributed by atoms with Gasteiger partial charge in [-0.3, -0.25) is 4.79 Å². The number of ether oxygens (including phenoxy) is 1. The van der Waals surface area contributed by atoms with E-state index in [4.69, 9.17) is 10.5 Å². The fraction of sp³-hybridized carbons (Fsp3) is 0.364. The number of rotatable bonds is 3. The third-order valence-electron chi connectivity index (χ3n) is 2.13. The first-order chi connectivity index (χ1) is 7.79. The second-order valence-electron chi connectivity index (χ2n) is 3.39. The number of carbonyl (C=O) groups is 1. The third kappa shape index (κ3) is 2.69. The number of alkyl halides is 3. The Kier molecular flexibility index (Phi) is 3.65. The van der Waals surface area contributed by atoms with Crippen molar-refractivity contribution in [1.82, 2.24) is 0 Å². The molecule has 94 valence electrons. The van der Waals surface area contributed by atoms with Crippen LogP contribution < -0.4 is 10.5 Å². The number of halogens is 3. The first kappa shape index (κ1) is 13.3. The molecule has 0 unspecified atom stereocenters. The molecule has 0 aromatic heterocycles. The molecule has 2 N–H and O–H groups in total. The van der Waals surface area contributed by atoms with Gasteiger partial charge in [0.1, 0.15) is 11.3 Å². The Bertz CT molecular complexity index is 441. The fourth-order valence-electron chi connectivity index (χ4n) is 1.54. The predicted octanol–water partition coefficient (Wildman–Crippen LogP) is 2.89. The van der Waals surface area contributed by atoms with Gasteiger partial charge in [0.05, 0.1) is 12.2 Å². The van der Waals surface area contributed by atoms with E-state index in [1.165, 1.54) is 6.07 Å². The molecule has 0 amide bonds. The second kappa shape index (κ2) is 4.65. The molecule has 1 aromatic carbocycles. The molecule has 0 saturated carbocycles. The van der Waals surface area contributed by atoms with E-state index >= 15 is 0 Å². The van der Waals surface area contributed by atoms with E-state index in [2.05, 4.69) is 0 Å². The van der Waals surface area contributed by atoms with Gasteiger partial charge in [0, 0.05) is 5.69 Å². The molecular formula is C11H12F3NO2. The maximum Gasteiger partial charge on any atom is 0.420 e. The van der Waals surface area contributed by atoms with Gasteiger partial charge in [0.15, 0.2) is 5.78 Å². The number of ketones is 1. The van der Waals surface area contributed by atoms with E-state index in [1.54, 1.807) is 6.92 Å². The summed E-state index contributed by atoms with van der Waals surface area (Å²) in [7, 11) is 0. The van der Waals surface area contributed by atoms with Gasteiger partial charge in [-0.05, 0) is 26.0 Å². The molecule has 0 heterocycles. The van der Waals surface area contributed by atoms with Crippen LogP contribution >= 0.6 is 0 Å². The fourth-order valence-corrected chi connectivity index (χ4v) is 1.54. The monoisotopic (exact) mass is 247 g/mol. The maximum absolute atomic E-state index is 12.9. The summed E-state index contributed by atoms with van der Waals surface area (Å²) in [4.78, 5) is 11.3. The predicted molar refractivity (Wildman–Crippen MR) is 57.0 cm³/mol. The lowest BCUT2D eigenvalue weighted by Gasteiger charge is -2.17. The lowest BCUT2D eigenvalue weighted by molar-refractivity contribution is -0.139. The van der Waals surface area contributed by atoms with Crippen molar-refractivity contribution in [3.8, 4) is 5.75 Å². The van der Waals surface area contributed by atoms with Crippen molar-refractivity contribution in [1.29, 1.82) is 0 Å².